The highest BCUT2D eigenvalue weighted by Gasteiger charge is 2.10. The van der Waals surface area contributed by atoms with Crippen LogP contribution in [0.1, 0.15) is 37.4 Å². The summed E-state index contributed by atoms with van der Waals surface area (Å²) < 4.78 is 5.15. The Morgan fingerprint density at radius 3 is 2.41 bits per heavy atom. The van der Waals surface area contributed by atoms with Crippen molar-refractivity contribution in [2.45, 2.75) is 33.2 Å². The second-order valence-electron chi connectivity index (χ2n) is 4.84. The molecule has 2 atom stereocenters. The van der Waals surface area contributed by atoms with Gasteiger partial charge in [0.25, 0.3) is 0 Å². The third kappa shape index (κ3) is 4.88. The van der Waals surface area contributed by atoms with Crippen molar-refractivity contribution in [2.75, 3.05) is 20.3 Å². The van der Waals surface area contributed by atoms with Crippen LogP contribution in [-0.4, -0.2) is 20.3 Å². The van der Waals surface area contributed by atoms with Crippen LogP contribution in [0.2, 0.25) is 0 Å². The zero-order valence-corrected chi connectivity index (χ0v) is 11.5. The Kier molecular flexibility index (Phi) is 6.23. The molecule has 2 heteroatoms. The van der Waals surface area contributed by atoms with Gasteiger partial charge in [0.2, 0.25) is 0 Å². The molecule has 2 unspecified atom stereocenters. The van der Waals surface area contributed by atoms with Crippen molar-refractivity contribution < 1.29 is 4.74 Å². The molecule has 1 rings (SSSR count). The van der Waals surface area contributed by atoms with Crippen LogP contribution in [0.15, 0.2) is 24.3 Å². The first-order valence-corrected chi connectivity index (χ1v) is 6.46. The van der Waals surface area contributed by atoms with Gasteiger partial charge in [-0.3, -0.25) is 0 Å². The Morgan fingerprint density at radius 1 is 1.24 bits per heavy atom. The normalized spacial score (nSPS) is 14.6. The van der Waals surface area contributed by atoms with Crippen LogP contribution < -0.4 is 5.32 Å². The van der Waals surface area contributed by atoms with E-state index in [0.717, 1.165) is 19.6 Å². The van der Waals surface area contributed by atoms with E-state index in [9.17, 15) is 0 Å². The predicted octanol–water partition coefficient (Wildman–Crippen LogP) is 3.32. The van der Waals surface area contributed by atoms with Crippen molar-refractivity contribution >= 4 is 0 Å². The molecule has 0 aliphatic rings. The van der Waals surface area contributed by atoms with Crippen molar-refractivity contribution in [3.05, 3.63) is 35.4 Å². The molecule has 0 radical (unpaired) electrons. The van der Waals surface area contributed by atoms with Gasteiger partial charge in [0, 0.05) is 26.3 Å². The predicted molar refractivity (Wildman–Crippen MR) is 73.3 cm³/mol. The molecule has 0 spiro atoms. The third-order valence-electron chi connectivity index (χ3n) is 3.05. The summed E-state index contributed by atoms with van der Waals surface area (Å²) in [5.74, 6) is 0.555. The number of hydrogen-bond acceptors (Lipinski definition) is 2. The minimum atomic E-state index is 0.454. The number of ether oxygens (including phenoxy) is 1. The summed E-state index contributed by atoms with van der Waals surface area (Å²) in [5, 5.41) is 3.61. The smallest absolute Gasteiger partial charge is 0.0499 e. The van der Waals surface area contributed by atoms with Crippen LogP contribution in [0.5, 0.6) is 0 Å². The molecule has 0 aliphatic carbocycles. The number of hydrogen-bond donors (Lipinski definition) is 1. The maximum Gasteiger partial charge on any atom is 0.0499 e. The van der Waals surface area contributed by atoms with E-state index < -0.39 is 0 Å². The van der Waals surface area contributed by atoms with Gasteiger partial charge in [-0.05, 0) is 24.8 Å². The second-order valence-corrected chi connectivity index (χ2v) is 4.84. The molecule has 2 nitrogen and oxygen atoms in total. The first-order chi connectivity index (χ1) is 8.17. The number of nitrogens with one attached hydrogen (secondary N) is 1. The van der Waals surface area contributed by atoms with Gasteiger partial charge in [-0.25, -0.2) is 0 Å². The first kappa shape index (κ1) is 14.2. The molecule has 0 saturated carbocycles. The molecule has 1 aromatic carbocycles. The Bertz CT molecular complexity index is 307. The summed E-state index contributed by atoms with van der Waals surface area (Å²) in [5.41, 5.74) is 2.69. The van der Waals surface area contributed by atoms with Crippen LogP contribution in [-0.2, 0) is 4.74 Å². The summed E-state index contributed by atoms with van der Waals surface area (Å²) in [6, 6.07) is 9.25. The molecule has 17 heavy (non-hydrogen) atoms. The lowest BCUT2D eigenvalue weighted by molar-refractivity contribution is 0.156. The van der Waals surface area contributed by atoms with E-state index >= 15 is 0 Å². The molecule has 0 bridgehead atoms. The average Bonchev–Trinajstić information content (AvgIpc) is 2.32. The molecule has 1 N–H and O–H groups in total. The first-order valence-electron chi connectivity index (χ1n) is 6.46. The van der Waals surface area contributed by atoms with Crippen molar-refractivity contribution in [3.63, 3.8) is 0 Å². The van der Waals surface area contributed by atoms with Gasteiger partial charge in [0.1, 0.15) is 0 Å². The van der Waals surface area contributed by atoms with Crippen LogP contribution in [0, 0.1) is 12.8 Å². The quantitative estimate of drug-likeness (QED) is 0.783. The van der Waals surface area contributed by atoms with Gasteiger partial charge < -0.3 is 10.1 Å². The van der Waals surface area contributed by atoms with Crippen LogP contribution >= 0.6 is 0 Å². The highest BCUT2D eigenvalue weighted by molar-refractivity contribution is 5.24. The monoisotopic (exact) mass is 235 g/mol. The number of rotatable bonds is 7. The molecule has 0 fully saturated rings. The fraction of sp³-hybridized carbons (Fsp3) is 0.600. The fourth-order valence-corrected chi connectivity index (χ4v) is 1.98. The van der Waals surface area contributed by atoms with Crippen LogP contribution in [0.3, 0.4) is 0 Å². The second kappa shape index (κ2) is 7.46. The van der Waals surface area contributed by atoms with Gasteiger partial charge in [-0.1, -0.05) is 43.7 Å². The number of benzene rings is 1. The molecule has 0 saturated heterocycles. The van der Waals surface area contributed by atoms with E-state index in [0.29, 0.717) is 12.0 Å². The van der Waals surface area contributed by atoms with Crippen molar-refractivity contribution in [1.82, 2.24) is 5.32 Å². The SMILES string of the molecule is CCC(NCC(C)COC)c1ccc(C)cc1. The molecule has 1 aromatic rings. The van der Waals surface area contributed by atoms with E-state index in [-0.39, 0.29) is 0 Å². The number of aryl methyl sites for hydroxylation is 1. The van der Waals surface area contributed by atoms with Gasteiger partial charge >= 0.3 is 0 Å². The molecular weight excluding hydrogens is 210 g/mol. The third-order valence-corrected chi connectivity index (χ3v) is 3.05. The fourth-order valence-electron chi connectivity index (χ4n) is 1.98. The zero-order valence-electron chi connectivity index (χ0n) is 11.5. The van der Waals surface area contributed by atoms with E-state index in [1.54, 1.807) is 7.11 Å². The molecule has 0 amide bonds. The Hall–Kier alpha value is -0.860. The van der Waals surface area contributed by atoms with E-state index in [1.165, 1.54) is 11.1 Å². The largest absolute Gasteiger partial charge is 0.384 e. The molecule has 0 aromatic heterocycles. The van der Waals surface area contributed by atoms with Gasteiger partial charge in [-0.15, -0.1) is 0 Å². The highest BCUT2D eigenvalue weighted by atomic mass is 16.5. The molecule has 0 heterocycles. The Balaban J connectivity index is 2.51. The molecule has 96 valence electrons. The topological polar surface area (TPSA) is 21.3 Å². The molecule has 0 aliphatic heterocycles. The van der Waals surface area contributed by atoms with Crippen molar-refractivity contribution in [1.29, 1.82) is 0 Å². The lowest BCUT2D eigenvalue weighted by Gasteiger charge is -2.20. The lowest BCUT2D eigenvalue weighted by atomic mass is 10.0. The standard InChI is InChI=1S/C15H25NO/c1-5-15(16-10-13(3)11-17-4)14-8-6-12(2)7-9-14/h6-9,13,15-16H,5,10-11H2,1-4H3. The van der Waals surface area contributed by atoms with Crippen molar-refractivity contribution in [2.24, 2.45) is 5.92 Å². The van der Waals surface area contributed by atoms with Gasteiger partial charge in [0.05, 0.1) is 0 Å². The Morgan fingerprint density at radius 2 is 1.88 bits per heavy atom. The summed E-state index contributed by atoms with van der Waals surface area (Å²) >= 11 is 0. The molecular formula is C15H25NO. The summed E-state index contributed by atoms with van der Waals surface area (Å²) in [7, 11) is 1.76. The van der Waals surface area contributed by atoms with Crippen LogP contribution in [0.25, 0.3) is 0 Å². The lowest BCUT2D eigenvalue weighted by Crippen LogP contribution is -2.27. The highest BCUT2D eigenvalue weighted by Crippen LogP contribution is 2.17. The van der Waals surface area contributed by atoms with E-state index in [2.05, 4.69) is 50.4 Å². The van der Waals surface area contributed by atoms with Gasteiger partial charge in [-0.2, -0.15) is 0 Å². The Labute approximate surface area is 105 Å². The maximum atomic E-state index is 5.15. The maximum absolute atomic E-state index is 5.15. The summed E-state index contributed by atoms with van der Waals surface area (Å²) in [4.78, 5) is 0. The van der Waals surface area contributed by atoms with Gasteiger partial charge in [0.15, 0.2) is 0 Å². The van der Waals surface area contributed by atoms with Crippen LogP contribution in [0.4, 0.5) is 0 Å². The zero-order chi connectivity index (χ0) is 12.7. The minimum absolute atomic E-state index is 0.454. The van der Waals surface area contributed by atoms with E-state index in [4.69, 9.17) is 4.74 Å². The van der Waals surface area contributed by atoms with Crippen molar-refractivity contribution in [3.8, 4) is 0 Å². The summed E-state index contributed by atoms with van der Waals surface area (Å²) in [6.07, 6.45) is 1.11. The number of methoxy groups -OCH3 is 1. The summed E-state index contributed by atoms with van der Waals surface area (Å²) in [6.45, 7) is 8.37. The van der Waals surface area contributed by atoms with E-state index in [1.807, 2.05) is 0 Å². The average molecular weight is 235 g/mol. The minimum Gasteiger partial charge on any atom is -0.384 e.